The van der Waals surface area contributed by atoms with Crippen molar-refractivity contribution in [3.63, 3.8) is 0 Å². The lowest BCUT2D eigenvalue weighted by atomic mass is 10.3. The summed E-state index contributed by atoms with van der Waals surface area (Å²) in [6, 6.07) is 10.3. The van der Waals surface area contributed by atoms with Crippen LogP contribution < -0.4 is 20.7 Å². The molecule has 1 aromatic heterocycles. The lowest BCUT2D eigenvalue weighted by Crippen LogP contribution is -2.39. The number of hydrogen-bond acceptors (Lipinski definition) is 5. The number of guanidine groups is 1. The molecule has 7 nitrogen and oxygen atoms in total. The Morgan fingerprint density at radius 1 is 1.11 bits per heavy atom. The number of benzene rings is 1. The van der Waals surface area contributed by atoms with E-state index in [2.05, 4.69) is 30.9 Å². The molecule has 152 valence electrons. The van der Waals surface area contributed by atoms with Gasteiger partial charge < -0.3 is 20.7 Å². The molecule has 2 rings (SSSR count). The lowest BCUT2D eigenvalue weighted by Gasteiger charge is -2.12. The molecule has 10 heteroatoms. The Morgan fingerprint density at radius 3 is 2.61 bits per heavy atom. The SMILES string of the molecule is CCNC(=NCCNc1nccc(C(F)(F)F)n1)NCCOc1ccccc1. The molecule has 0 bridgehead atoms. The van der Waals surface area contributed by atoms with Crippen molar-refractivity contribution in [2.75, 3.05) is 38.1 Å². The number of aromatic nitrogens is 2. The maximum Gasteiger partial charge on any atom is 0.433 e. The molecule has 1 aromatic carbocycles. The van der Waals surface area contributed by atoms with E-state index in [0.29, 0.717) is 38.7 Å². The molecule has 0 saturated carbocycles. The lowest BCUT2D eigenvalue weighted by molar-refractivity contribution is -0.141. The van der Waals surface area contributed by atoms with Crippen LogP contribution in [0.2, 0.25) is 0 Å². The molecular formula is C18H23F3N6O. The molecule has 0 aliphatic rings. The number of ether oxygens (including phenoxy) is 1. The quantitative estimate of drug-likeness (QED) is 0.343. The summed E-state index contributed by atoms with van der Waals surface area (Å²) in [5, 5.41) is 8.94. The summed E-state index contributed by atoms with van der Waals surface area (Å²) in [6.45, 7) is 4.24. The number of rotatable bonds is 9. The molecule has 0 aliphatic heterocycles. The Balaban J connectivity index is 1.74. The molecule has 3 N–H and O–H groups in total. The van der Waals surface area contributed by atoms with Crippen LogP contribution in [-0.4, -0.2) is 48.7 Å². The smallest absolute Gasteiger partial charge is 0.433 e. The van der Waals surface area contributed by atoms with Gasteiger partial charge in [0.1, 0.15) is 18.1 Å². The number of alkyl halides is 3. The van der Waals surface area contributed by atoms with E-state index in [1.807, 2.05) is 37.3 Å². The number of para-hydroxylation sites is 1. The molecule has 0 aliphatic carbocycles. The first-order valence-corrected chi connectivity index (χ1v) is 8.83. The van der Waals surface area contributed by atoms with Crippen LogP contribution in [0, 0.1) is 0 Å². The van der Waals surface area contributed by atoms with E-state index in [0.717, 1.165) is 18.0 Å². The van der Waals surface area contributed by atoms with E-state index in [1.165, 1.54) is 0 Å². The number of halogens is 3. The number of anilines is 1. The van der Waals surface area contributed by atoms with Gasteiger partial charge in [0, 0.05) is 19.3 Å². The Bertz CT molecular complexity index is 740. The first-order chi connectivity index (χ1) is 13.5. The second-order valence-corrected chi connectivity index (χ2v) is 5.54. The minimum absolute atomic E-state index is 0.0840. The first kappa shape index (κ1) is 21.3. The highest BCUT2D eigenvalue weighted by atomic mass is 19.4. The van der Waals surface area contributed by atoms with Crippen LogP contribution in [0.4, 0.5) is 19.1 Å². The normalized spacial score (nSPS) is 11.8. The Hall–Kier alpha value is -3.04. The average molecular weight is 396 g/mol. The topological polar surface area (TPSA) is 83.5 Å². The van der Waals surface area contributed by atoms with Gasteiger partial charge in [-0.25, -0.2) is 9.97 Å². The van der Waals surface area contributed by atoms with Crippen molar-refractivity contribution in [2.24, 2.45) is 4.99 Å². The Labute approximate surface area is 161 Å². The molecule has 0 saturated heterocycles. The minimum Gasteiger partial charge on any atom is -0.492 e. The largest absolute Gasteiger partial charge is 0.492 e. The van der Waals surface area contributed by atoms with Crippen molar-refractivity contribution < 1.29 is 17.9 Å². The number of nitrogens with zero attached hydrogens (tertiary/aromatic N) is 3. The standard InChI is InChI=1S/C18H23F3N6O/c1-2-22-16(26-12-13-28-14-6-4-3-5-7-14)24-10-11-25-17-23-9-8-15(27-17)18(19,20)21/h3-9H,2,10-13H2,1H3,(H2,22,24,26)(H,23,25,27). The second kappa shape index (κ2) is 11.0. The third kappa shape index (κ3) is 7.68. The molecule has 1 heterocycles. The van der Waals surface area contributed by atoms with Crippen molar-refractivity contribution in [3.05, 3.63) is 48.3 Å². The van der Waals surface area contributed by atoms with Crippen LogP contribution in [0.1, 0.15) is 12.6 Å². The molecule has 0 spiro atoms. The highest BCUT2D eigenvalue weighted by Gasteiger charge is 2.32. The van der Waals surface area contributed by atoms with Gasteiger partial charge in [0.25, 0.3) is 0 Å². The Kier molecular flexibility index (Phi) is 8.32. The highest BCUT2D eigenvalue weighted by Crippen LogP contribution is 2.27. The third-order valence-corrected chi connectivity index (χ3v) is 3.36. The van der Waals surface area contributed by atoms with Crippen molar-refractivity contribution in [2.45, 2.75) is 13.1 Å². The average Bonchev–Trinajstić information content (AvgIpc) is 2.69. The third-order valence-electron chi connectivity index (χ3n) is 3.36. The van der Waals surface area contributed by atoms with Gasteiger partial charge in [0.05, 0.1) is 13.1 Å². The zero-order valence-electron chi connectivity index (χ0n) is 15.5. The molecule has 2 aromatic rings. The van der Waals surface area contributed by atoms with Crippen LogP contribution in [0.15, 0.2) is 47.6 Å². The summed E-state index contributed by atoms with van der Waals surface area (Å²) >= 11 is 0. The summed E-state index contributed by atoms with van der Waals surface area (Å²) in [5.41, 5.74) is -0.984. The fraction of sp³-hybridized carbons (Fsp3) is 0.389. The molecule has 0 amide bonds. The van der Waals surface area contributed by atoms with Gasteiger partial charge in [-0.2, -0.15) is 13.2 Å². The molecular weight excluding hydrogens is 373 g/mol. The monoisotopic (exact) mass is 396 g/mol. The number of hydrogen-bond donors (Lipinski definition) is 3. The fourth-order valence-corrected chi connectivity index (χ4v) is 2.13. The van der Waals surface area contributed by atoms with E-state index in [1.54, 1.807) is 0 Å². The molecule has 0 atom stereocenters. The van der Waals surface area contributed by atoms with Crippen molar-refractivity contribution >= 4 is 11.9 Å². The maximum absolute atomic E-state index is 12.6. The zero-order valence-corrected chi connectivity index (χ0v) is 15.5. The van der Waals surface area contributed by atoms with Crippen molar-refractivity contribution in [1.82, 2.24) is 20.6 Å². The van der Waals surface area contributed by atoms with Crippen LogP contribution in [0.25, 0.3) is 0 Å². The van der Waals surface area contributed by atoms with E-state index < -0.39 is 11.9 Å². The Morgan fingerprint density at radius 2 is 1.89 bits per heavy atom. The summed E-state index contributed by atoms with van der Waals surface area (Å²) in [5.74, 6) is 1.29. The predicted octanol–water partition coefficient (Wildman–Crippen LogP) is 2.54. The predicted molar refractivity (Wildman–Crippen MR) is 101 cm³/mol. The van der Waals surface area contributed by atoms with Gasteiger partial charge in [0.15, 0.2) is 5.96 Å². The first-order valence-electron chi connectivity index (χ1n) is 8.83. The summed E-state index contributed by atoms with van der Waals surface area (Å²) < 4.78 is 43.5. The van der Waals surface area contributed by atoms with E-state index in [9.17, 15) is 13.2 Å². The van der Waals surface area contributed by atoms with E-state index in [4.69, 9.17) is 4.74 Å². The van der Waals surface area contributed by atoms with E-state index >= 15 is 0 Å². The molecule has 0 unspecified atom stereocenters. The van der Waals surface area contributed by atoms with Gasteiger partial charge >= 0.3 is 6.18 Å². The molecule has 28 heavy (non-hydrogen) atoms. The van der Waals surface area contributed by atoms with Crippen LogP contribution in [0.5, 0.6) is 5.75 Å². The summed E-state index contributed by atoms with van der Waals surface area (Å²) in [4.78, 5) is 11.6. The summed E-state index contributed by atoms with van der Waals surface area (Å²) in [7, 11) is 0. The van der Waals surface area contributed by atoms with Crippen LogP contribution >= 0.6 is 0 Å². The van der Waals surface area contributed by atoms with E-state index in [-0.39, 0.29) is 5.95 Å². The molecule has 0 fully saturated rings. The van der Waals surface area contributed by atoms with Gasteiger partial charge in [-0.1, -0.05) is 18.2 Å². The highest BCUT2D eigenvalue weighted by molar-refractivity contribution is 5.79. The second-order valence-electron chi connectivity index (χ2n) is 5.54. The van der Waals surface area contributed by atoms with Gasteiger partial charge in [-0.3, -0.25) is 4.99 Å². The minimum atomic E-state index is -4.50. The molecule has 0 radical (unpaired) electrons. The number of nitrogens with one attached hydrogen (secondary N) is 3. The van der Waals surface area contributed by atoms with Crippen LogP contribution in [0.3, 0.4) is 0 Å². The van der Waals surface area contributed by atoms with Gasteiger partial charge in [0.2, 0.25) is 5.95 Å². The van der Waals surface area contributed by atoms with Crippen molar-refractivity contribution in [1.29, 1.82) is 0 Å². The fourth-order valence-electron chi connectivity index (χ4n) is 2.13. The van der Waals surface area contributed by atoms with Crippen LogP contribution in [-0.2, 0) is 6.18 Å². The maximum atomic E-state index is 12.6. The van der Waals surface area contributed by atoms with Gasteiger partial charge in [-0.15, -0.1) is 0 Å². The number of aliphatic imine (C=N–C) groups is 1. The summed E-state index contributed by atoms with van der Waals surface area (Å²) in [6.07, 6.45) is -3.43. The zero-order chi connectivity index (χ0) is 20.2. The van der Waals surface area contributed by atoms with Gasteiger partial charge in [-0.05, 0) is 25.1 Å². The van der Waals surface area contributed by atoms with Crippen molar-refractivity contribution in [3.8, 4) is 5.75 Å².